The van der Waals surface area contributed by atoms with E-state index in [1.54, 1.807) is 7.11 Å². The molecule has 0 aromatic heterocycles. The van der Waals surface area contributed by atoms with E-state index in [4.69, 9.17) is 9.47 Å². The summed E-state index contributed by atoms with van der Waals surface area (Å²) in [5.74, 6) is 0.239. The second-order valence-corrected chi connectivity index (χ2v) is 7.74. The molecule has 1 aliphatic heterocycles. The average molecular weight is 418 g/mol. The van der Waals surface area contributed by atoms with Crippen molar-refractivity contribution in [1.29, 1.82) is 0 Å². The van der Waals surface area contributed by atoms with Crippen LogP contribution in [0.15, 0.2) is 66.7 Å². The fourth-order valence-electron chi connectivity index (χ4n) is 4.19. The molecule has 1 aliphatic rings. The first-order valence-corrected chi connectivity index (χ1v) is 10.4. The minimum atomic E-state index is -0.753. The Bertz CT molecular complexity index is 1070. The maximum Gasteiger partial charge on any atom is 0.249 e. The lowest BCUT2D eigenvalue weighted by Gasteiger charge is -2.36. The predicted octanol–water partition coefficient (Wildman–Crippen LogP) is 3.29. The van der Waals surface area contributed by atoms with Gasteiger partial charge in [0.2, 0.25) is 11.8 Å². The number of fused-ring (bicyclic) bond motifs is 1. The Morgan fingerprint density at radius 2 is 1.65 bits per heavy atom. The molecule has 6 heteroatoms. The monoisotopic (exact) mass is 418 g/mol. The molecular formula is C25H26N2O4. The second-order valence-electron chi connectivity index (χ2n) is 7.74. The van der Waals surface area contributed by atoms with Gasteiger partial charge in [0, 0.05) is 13.2 Å². The number of hydrazine groups is 1. The normalized spacial score (nSPS) is 15.3. The van der Waals surface area contributed by atoms with Crippen LogP contribution < -0.4 is 15.6 Å². The molecular weight excluding hydrogens is 392 g/mol. The largest absolute Gasteiger partial charge is 0.497 e. The maximum atomic E-state index is 13.2. The zero-order valence-electron chi connectivity index (χ0n) is 17.5. The molecule has 3 aromatic rings. The van der Waals surface area contributed by atoms with Crippen LogP contribution >= 0.6 is 0 Å². The summed E-state index contributed by atoms with van der Waals surface area (Å²) in [6.45, 7) is 0.979. The summed E-state index contributed by atoms with van der Waals surface area (Å²) in [7, 11) is 1.61. The molecule has 0 spiro atoms. The summed E-state index contributed by atoms with van der Waals surface area (Å²) >= 11 is 0. The van der Waals surface area contributed by atoms with Crippen molar-refractivity contribution in [1.82, 2.24) is 10.9 Å². The molecule has 1 saturated heterocycles. The Morgan fingerprint density at radius 1 is 0.935 bits per heavy atom. The van der Waals surface area contributed by atoms with Crippen LogP contribution in [0.1, 0.15) is 24.0 Å². The number of hydrogen-bond acceptors (Lipinski definition) is 4. The van der Waals surface area contributed by atoms with Gasteiger partial charge in [0.05, 0.1) is 18.9 Å². The van der Waals surface area contributed by atoms with E-state index in [0.717, 1.165) is 27.6 Å². The number of carbonyl (C=O) groups is 2. The van der Waals surface area contributed by atoms with E-state index in [1.807, 2.05) is 66.7 Å². The number of rotatable bonds is 5. The van der Waals surface area contributed by atoms with E-state index in [0.29, 0.717) is 26.1 Å². The van der Waals surface area contributed by atoms with Crippen LogP contribution in [0.2, 0.25) is 0 Å². The van der Waals surface area contributed by atoms with Crippen LogP contribution in [0.25, 0.3) is 10.8 Å². The van der Waals surface area contributed by atoms with Crippen molar-refractivity contribution in [3.63, 3.8) is 0 Å². The van der Waals surface area contributed by atoms with E-state index in [1.165, 1.54) is 0 Å². The molecule has 1 heterocycles. The highest BCUT2D eigenvalue weighted by Gasteiger charge is 2.42. The summed E-state index contributed by atoms with van der Waals surface area (Å²) < 4.78 is 10.7. The van der Waals surface area contributed by atoms with Gasteiger partial charge in [0.1, 0.15) is 5.75 Å². The molecule has 1 fully saturated rings. The molecule has 3 aromatic carbocycles. The third-order valence-corrected chi connectivity index (χ3v) is 5.97. The van der Waals surface area contributed by atoms with Crippen LogP contribution in [-0.4, -0.2) is 32.1 Å². The molecule has 2 amide bonds. The molecule has 4 rings (SSSR count). The number of nitrogens with one attached hydrogen (secondary N) is 2. The van der Waals surface area contributed by atoms with Gasteiger partial charge in [-0.3, -0.25) is 20.4 Å². The molecule has 31 heavy (non-hydrogen) atoms. The van der Waals surface area contributed by atoms with E-state index >= 15 is 0 Å². The van der Waals surface area contributed by atoms with Crippen LogP contribution in [-0.2, 0) is 26.2 Å². The third-order valence-electron chi connectivity index (χ3n) is 5.97. The lowest BCUT2D eigenvalue weighted by atomic mass is 9.73. The summed E-state index contributed by atoms with van der Waals surface area (Å²) in [5.41, 5.74) is 6.32. The summed E-state index contributed by atoms with van der Waals surface area (Å²) in [4.78, 5) is 25.8. The van der Waals surface area contributed by atoms with E-state index < -0.39 is 5.41 Å². The van der Waals surface area contributed by atoms with Crippen molar-refractivity contribution >= 4 is 22.6 Å². The number of benzene rings is 3. The number of amides is 2. The highest BCUT2D eigenvalue weighted by atomic mass is 16.5. The number of hydrogen-bond donors (Lipinski definition) is 2. The lowest BCUT2D eigenvalue weighted by molar-refractivity contribution is -0.135. The molecule has 6 nitrogen and oxygen atoms in total. The van der Waals surface area contributed by atoms with Gasteiger partial charge in [-0.1, -0.05) is 54.6 Å². The molecule has 0 unspecified atom stereocenters. The Labute approximate surface area is 181 Å². The molecule has 0 bridgehead atoms. The minimum absolute atomic E-state index is 0.181. The van der Waals surface area contributed by atoms with Gasteiger partial charge in [0.15, 0.2) is 0 Å². The van der Waals surface area contributed by atoms with Gasteiger partial charge < -0.3 is 9.47 Å². The maximum absolute atomic E-state index is 13.2. The quantitative estimate of drug-likeness (QED) is 0.624. The number of carbonyl (C=O) groups excluding carboxylic acids is 2. The smallest absolute Gasteiger partial charge is 0.249 e. The van der Waals surface area contributed by atoms with Crippen molar-refractivity contribution in [3.8, 4) is 5.75 Å². The second kappa shape index (κ2) is 9.18. The van der Waals surface area contributed by atoms with Crippen LogP contribution in [0, 0.1) is 0 Å². The predicted molar refractivity (Wildman–Crippen MR) is 119 cm³/mol. The topological polar surface area (TPSA) is 76.7 Å². The van der Waals surface area contributed by atoms with Gasteiger partial charge in [0.25, 0.3) is 0 Å². The van der Waals surface area contributed by atoms with E-state index in [2.05, 4.69) is 10.9 Å². The molecule has 0 saturated carbocycles. The Hall–Kier alpha value is -3.38. The highest BCUT2D eigenvalue weighted by molar-refractivity contribution is 5.93. The third kappa shape index (κ3) is 4.39. The minimum Gasteiger partial charge on any atom is -0.497 e. The first-order valence-electron chi connectivity index (χ1n) is 10.4. The average Bonchev–Trinajstić information content (AvgIpc) is 2.83. The molecule has 160 valence electrons. The fourth-order valence-corrected chi connectivity index (χ4v) is 4.19. The molecule has 0 aliphatic carbocycles. The van der Waals surface area contributed by atoms with E-state index in [-0.39, 0.29) is 18.2 Å². The first kappa shape index (κ1) is 20.9. The van der Waals surface area contributed by atoms with Gasteiger partial charge >= 0.3 is 0 Å². The number of ether oxygens (including phenoxy) is 2. The van der Waals surface area contributed by atoms with Crippen molar-refractivity contribution in [2.24, 2.45) is 0 Å². The SMILES string of the molecule is COc1ccc(C2(C(=O)NNC(=O)Cc3cccc4ccccc34)CCOCC2)cc1. The highest BCUT2D eigenvalue weighted by Crippen LogP contribution is 2.36. The summed E-state index contributed by atoms with van der Waals surface area (Å²) in [6, 6.07) is 21.3. The van der Waals surface area contributed by atoms with Crippen LogP contribution in [0.3, 0.4) is 0 Å². The van der Waals surface area contributed by atoms with E-state index in [9.17, 15) is 9.59 Å². The van der Waals surface area contributed by atoms with Gasteiger partial charge in [-0.15, -0.1) is 0 Å². The van der Waals surface area contributed by atoms with Crippen molar-refractivity contribution in [2.45, 2.75) is 24.7 Å². The summed E-state index contributed by atoms with van der Waals surface area (Å²) in [5, 5.41) is 2.11. The number of methoxy groups -OCH3 is 1. The van der Waals surface area contributed by atoms with Gasteiger partial charge in [-0.05, 0) is 46.9 Å². The zero-order valence-corrected chi connectivity index (χ0v) is 17.5. The molecule has 0 atom stereocenters. The Kier molecular flexibility index (Phi) is 6.18. The molecule has 0 radical (unpaired) electrons. The Morgan fingerprint density at radius 3 is 2.39 bits per heavy atom. The lowest BCUT2D eigenvalue weighted by Crippen LogP contribution is -2.53. The van der Waals surface area contributed by atoms with Crippen LogP contribution in [0.4, 0.5) is 0 Å². The summed E-state index contributed by atoms with van der Waals surface area (Å²) in [6.07, 6.45) is 1.27. The first-order chi connectivity index (χ1) is 15.1. The van der Waals surface area contributed by atoms with Gasteiger partial charge in [-0.2, -0.15) is 0 Å². The molecule has 2 N–H and O–H groups in total. The Balaban J connectivity index is 1.46. The van der Waals surface area contributed by atoms with Crippen molar-refractivity contribution in [2.75, 3.05) is 20.3 Å². The van der Waals surface area contributed by atoms with Crippen molar-refractivity contribution in [3.05, 3.63) is 77.9 Å². The van der Waals surface area contributed by atoms with Crippen molar-refractivity contribution < 1.29 is 19.1 Å². The zero-order chi connectivity index (χ0) is 21.7. The fraction of sp³-hybridized carbons (Fsp3) is 0.280. The van der Waals surface area contributed by atoms with Gasteiger partial charge in [-0.25, -0.2) is 0 Å². The standard InChI is InChI=1S/C25H26N2O4/c1-30-21-11-9-20(10-12-21)25(13-15-31-16-14-25)24(29)27-26-23(28)17-19-7-4-6-18-5-2-3-8-22(18)19/h2-12H,13-17H2,1H3,(H,26,28)(H,27,29). The van der Waals surface area contributed by atoms with Crippen LogP contribution in [0.5, 0.6) is 5.75 Å².